The van der Waals surface area contributed by atoms with Crippen LogP contribution in [0.25, 0.3) is 33.4 Å². The number of benzene rings is 6. The van der Waals surface area contributed by atoms with Crippen molar-refractivity contribution in [2.24, 2.45) is 0 Å². The fraction of sp³-hybridized carbons (Fsp3) is 0. The van der Waals surface area contributed by atoms with Gasteiger partial charge in [0.1, 0.15) is 0 Å². The molecule has 44 heavy (non-hydrogen) atoms. The lowest BCUT2D eigenvalue weighted by Crippen LogP contribution is -1.87. The van der Waals surface area contributed by atoms with Gasteiger partial charge in [-0.25, -0.2) is 0 Å². The number of nitrogen functional groups attached to an aromatic ring is 6. The molecule has 6 aromatic rings. The minimum Gasteiger partial charge on any atom is -0.412 e. The number of anilines is 6. The van der Waals surface area contributed by atoms with E-state index in [0.717, 1.165) is 67.5 Å². The lowest BCUT2D eigenvalue weighted by Gasteiger charge is -2.03. The fourth-order valence-corrected chi connectivity index (χ4v) is 4.22. The maximum atomic E-state index is 5.70. The molecule has 0 radical (unpaired) electrons. The molecule has 0 unspecified atom stereocenters. The topological polar surface area (TPSA) is 219 Å². The third-order valence-electron chi connectivity index (χ3n) is 6.37. The molecule has 8 heteroatoms. The highest BCUT2D eigenvalue weighted by molar-refractivity contribution is 5.71. The number of nitrogens with two attached hydrogens (primary N) is 6. The molecular weight excluding hydrogens is 548 g/mol. The van der Waals surface area contributed by atoms with Crippen LogP contribution in [0.5, 0.6) is 0 Å². The molecule has 0 aliphatic heterocycles. The molecule has 0 fully saturated rings. The zero-order valence-corrected chi connectivity index (χ0v) is 24.3. The van der Waals surface area contributed by atoms with Crippen LogP contribution in [0, 0.1) is 0 Å². The van der Waals surface area contributed by atoms with E-state index in [1.807, 2.05) is 146 Å². The van der Waals surface area contributed by atoms with Crippen LogP contribution in [0.4, 0.5) is 34.1 Å². The summed E-state index contributed by atoms with van der Waals surface area (Å²) < 4.78 is 0. The van der Waals surface area contributed by atoms with Crippen molar-refractivity contribution >= 4 is 34.1 Å². The van der Waals surface area contributed by atoms with E-state index in [1.165, 1.54) is 0 Å². The van der Waals surface area contributed by atoms with E-state index in [-0.39, 0.29) is 11.0 Å². The van der Waals surface area contributed by atoms with Crippen molar-refractivity contribution in [3.8, 4) is 33.4 Å². The van der Waals surface area contributed by atoms with Gasteiger partial charge in [-0.05, 0) is 106 Å². The Morgan fingerprint density at radius 2 is 0.455 bits per heavy atom. The van der Waals surface area contributed by atoms with Crippen molar-refractivity contribution in [3.63, 3.8) is 0 Å². The normalized spacial score (nSPS) is 9.55. The Morgan fingerprint density at radius 1 is 0.227 bits per heavy atom. The van der Waals surface area contributed by atoms with Crippen LogP contribution < -0.4 is 34.4 Å². The molecule has 0 saturated heterocycles. The second-order valence-electron chi connectivity index (χ2n) is 9.75. The van der Waals surface area contributed by atoms with Crippen LogP contribution in [0.15, 0.2) is 146 Å². The molecule has 6 aromatic carbocycles. The predicted molar refractivity (Wildman–Crippen MR) is 189 cm³/mol. The fourth-order valence-electron chi connectivity index (χ4n) is 4.22. The standard InChI is InChI=1S/3C12H12N2.2H2O/c13-11-5-1-3-9(7-11)10-4-2-6-12(14)8-10;2*13-11-6-4-9(5-7-11)10-2-1-3-12(14)8-10;;/h3*1-8H,13-14H2;2*1H2. The maximum absolute atomic E-state index is 5.70. The summed E-state index contributed by atoms with van der Waals surface area (Å²) in [6, 6.07) is 46.6. The third-order valence-corrected chi connectivity index (χ3v) is 6.37. The van der Waals surface area contributed by atoms with Gasteiger partial charge >= 0.3 is 0 Å². The first-order valence-electron chi connectivity index (χ1n) is 13.4. The van der Waals surface area contributed by atoms with Crippen LogP contribution in [0.1, 0.15) is 0 Å². The molecular formula is C36H40N6O2. The van der Waals surface area contributed by atoms with Gasteiger partial charge in [0.2, 0.25) is 0 Å². The van der Waals surface area contributed by atoms with Crippen molar-refractivity contribution < 1.29 is 11.0 Å². The molecule has 0 amide bonds. The van der Waals surface area contributed by atoms with Gasteiger partial charge in [-0.1, -0.05) is 72.8 Å². The zero-order valence-electron chi connectivity index (χ0n) is 24.3. The minimum absolute atomic E-state index is 0. The Hall–Kier alpha value is -5.96. The molecule has 0 aliphatic rings. The van der Waals surface area contributed by atoms with Gasteiger partial charge in [0.05, 0.1) is 0 Å². The van der Waals surface area contributed by atoms with Crippen LogP contribution in [0.3, 0.4) is 0 Å². The maximum Gasteiger partial charge on any atom is 0.0320 e. The van der Waals surface area contributed by atoms with E-state index in [1.54, 1.807) is 0 Å². The quantitative estimate of drug-likeness (QED) is 0.138. The first kappa shape index (κ1) is 34.2. The Kier molecular flexibility index (Phi) is 12.8. The van der Waals surface area contributed by atoms with Gasteiger partial charge in [-0.3, -0.25) is 0 Å². The third kappa shape index (κ3) is 10.1. The molecule has 0 spiro atoms. The predicted octanol–water partition coefficient (Wildman–Crippen LogP) is 5.90. The van der Waals surface area contributed by atoms with E-state index in [0.29, 0.717) is 0 Å². The summed E-state index contributed by atoms with van der Waals surface area (Å²) >= 11 is 0. The highest BCUT2D eigenvalue weighted by Gasteiger charge is 1.99. The van der Waals surface area contributed by atoms with Crippen molar-refractivity contribution in [2.75, 3.05) is 34.4 Å². The van der Waals surface area contributed by atoms with E-state index in [9.17, 15) is 0 Å². The Labute approximate surface area is 258 Å². The first-order valence-corrected chi connectivity index (χ1v) is 13.4. The molecule has 6 rings (SSSR count). The highest BCUT2D eigenvalue weighted by atomic mass is 16.0. The van der Waals surface area contributed by atoms with Gasteiger partial charge in [0, 0.05) is 34.1 Å². The smallest absolute Gasteiger partial charge is 0.0320 e. The molecule has 16 N–H and O–H groups in total. The number of hydrogen-bond donors (Lipinski definition) is 6. The lowest BCUT2D eigenvalue weighted by molar-refractivity contribution is 0.823. The molecule has 0 atom stereocenters. The molecule has 0 saturated carbocycles. The second kappa shape index (κ2) is 16.5. The van der Waals surface area contributed by atoms with E-state index >= 15 is 0 Å². The Morgan fingerprint density at radius 3 is 0.682 bits per heavy atom. The summed E-state index contributed by atoms with van der Waals surface area (Å²) in [4.78, 5) is 0. The summed E-state index contributed by atoms with van der Waals surface area (Å²) in [5.41, 5.74) is 45.4. The van der Waals surface area contributed by atoms with Crippen molar-refractivity contribution in [3.05, 3.63) is 146 Å². The van der Waals surface area contributed by atoms with Gasteiger partial charge in [-0.15, -0.1) is 0 Å². The van der Waals surface area contributed by atoms with E-state index in [4.69, 9.17) is 34.4 Å². The Bertz CT molecular complexity index is 1610. The summed E-state index contributed by atoms with van der Waals surface area (Å²) in [5.74, 6) is 0. The SMILES string of the molecule is Nc1ccc(-c2cccc(N)c2)cc1.Nc1ccc(-c2cccc(N)c2)cc1.Nc1cccc(-c2cccc(N)c2)c1.O.O. The number of hydrogen-bond acceptors (Lipinski definition) is 6. The first-order chi connectivity index (χ1) is 20.3. The highest BCUT2D eigenvalue weighted by Crippen LogP contribution is 2.24. The summed E-state index contributed by atoms with van der Waals surface area (Å²) in [6.07, 6.45) is 0. The van der Waals surface area contributed by atoms with Crippen LogP contribution in [-0.4, -0.2) is 11.0 Å². The van der Waals surface area contributed by atoms with Gasteiger partial charge < -0.3 is 45.4 Å². The van der Waals surface area contributed by atoms with E-state index < -0.39 is 0 Å². The van der Waals surface area contributed by atoms with Gasteiger partial charge in [0.25, 0.3) is 0 Å². The lowest BCUT2D eigenvalue weighted by atomic mass is 10.0. The minimum atomic E-state index is 0. The molecule has 0 bridgehead atoms. The van der Waals surface area contributed by atoms with Crippen molar-refractivity contribution in [2.45, 2.75) is 0 Å². The molecule has 226 valence electrons. The van der Waals surface area contributed by atoms with Crippen LogP contribution in [0.2, 0.25) is 0 Å². The Balaban J connectivity index is 0.000000225. The van der Waals surface area contributed by atoms with Crippen molar-refractivity contribution in [1.82, 2.24) is 0 Å². The van der Waals surface area contributed by atoms with Crippen LogP contribution >= 0.6 is 0 Å². The molecule has 0 aromatic heterocycles. The molecule has 0 aliphatic carbocycles. The summed E-state index contributed by atoms with van der Waals surface area (Å²) in [6.45, 7) is 0. The number of rotatable bonds is 3. The molecule has 0 heterocycles. The molecule has 8 nitrogen and oxygen atoms in total. The van der Waals surface area contributed by atoms with Gasteiger partial charge in [0.15, 0.2) is 0 Å². The van der Waals surface area contributed by atoms with Crippen LogP contribution in [-0.2, 0) is 0 Å². The van der Waals surface area contributed by atoms with Gasteiger partial charge in [-0.2, -0.15) is 0 Å². The average molecular weight is 589 g/mol. The largest absolute Gasteiger partial charge is 0.412 e. The second-order valence-corrected chi connectivity index (χ2v) is 9.75. The monoisotopic (exact) mass is 588 g/mol. The van der Waals surface area contributed by atoms with E-state index in [2.05, 4.69) is 0 Å². The zero-order chi connectivity index (χ0) is 29.9. The van der Waals surface area contributed by atoms with Crippen molar-refractivity contribution in [1.29, 1.82) is 0 Å². The summed E-state index contributed by atoms with van der Waals surface area (Å²) in [5, 5.41) is 0. The summed E-state index contributed by atoms with van der Waals surface area (Å²) in [7, 11) is 0. The average Bonchev–Trinajstić information content (AvgIpc) is 2.99.